The fourth-order valence-electron chi connectivity index (χ4n) is 1.99. The Morgan fingerprint density at radius 1 is 1.50 bits per heavy atom. The van der Waals surface area contributed by atoms with Crippen LogP contribution in [0.4, 0.5) is 0 Å². The second kappa shape index (κ2) is 3.97. The number of nitriles is 1. The lowest BCUT2D eigenvalue weighted by Crippen LogP contribution is -2.30. The van der Waals surface area contributed by atoms with E-state index in [9.17, 15) is 4.79 Å². The van der Waals surface area contributed by atoms with Crippen LogP contribution in [0.25, 0.3) is 0 Å². The Balaban J connectivity index is 2.35. The Hall–Kier alpha value is -1.82. The van der Waals surface area contributed by atoms with Gasteiger partial charge >= 0.3 is 0 Å². The second-order valence-corrected chi connectivity index (χ2v) is 4.35. The molecule has 1 amide bonds. The third-order valence-electron chi connectivity index (χ3n) is 2.91. The average molecular weight is 214 g/mol. The largest absolute Gasteiger partial charge is 0.332 e. The summed E-state index contributed by atoms with van der Waals surface area (Å²) in [7, 11) is 0. The van der Waals surface area contributed by atoms with Gasteiger partial charge in [-0.3, -0.25) is 4.79 Å². The maximum atomic E-state index is 12.0. The van der Waals surface area contributed by atoms with E-state index in [4.69, 9.17) is 5.26 Å². The summed E-state index contributed by atoms with van der Waals surface area (Å²) in [6.07, 6.45) is 0.363. The van der Waals surface area contributed by atoms with Crippen molar-refractivity contribution in [2.45, 2.75) is 32.9 Å². The Morgan fingerprint density at radius 2 is 2.25 bits per heavy atom. The van der Waals surface area contributed by atoms with Gasteiger partial charge in [-0.2, -0.15) is 5.26 Å². The van der Waals surface area contributed by atoms with Gasteiger partial charge in [0.05, 0.1) is 12.5 Å². The number of carbonyl (C=O) groups excluding carboxylic acids is 1. The molecular weight excluding hydrogens is 200 g/mol. The number of carbonyl (C=O) groups is 1. The van der Waals surface area contributed by atoms with Crippen molar-refractivity contribution in [2.75, 3.05) is 0 Å². The van der Waals surface area contributed by atoms with Crippen molar-refractivity contribution in [2.24, 2.45) is 0 Å². The smallest absolute Gasteiger partial charge is 0.254 e. The highest BCUT2D eigenvalue weighted by atomic mass is 16.2. The fraction of sp³-hybridized carbons (Fsp3) is 0.385. The normalized spacial score (nSPS) is 14.1. The molecule has 0 N–H and O–H groups in total. The molecule has 1 heterocycles. The number of fused-ring (bicyclic) bond motifs is 1. The molecule has 0 saturated heterocycles. The van der Waals surface area contributed by atoms with Crippen LogP contribution in [0.5, 0.6) is 0 Å². The van der Waals surface area contributed by atoms with Crippen molar-refractivity contribution in [3.8, 4) is 6.07 Å². The van der Waals surface area contributed by atoms with Crippen LogP contribution in [-0.4, -0.2) is 16.8 Å². The molecular formula is C13H14N2O. The lowest BCUT2D eigenvalue weighted by molar-refractivity contribution is 0.0730. The van der Waals surface area contributed by atoms with Crippen LogP contribution in [0.3, 0.4) is 0 Å². The fourth-order valence-corrected chi connectivity index (χ4v) is 1.99. The Morgan fingerprint density at radius 3 is 2.88 bits per heavy atom. The van der Waals surface area contributed by atoms with Crippen LogP contribution in [0, 0.1) is 11.3 Å². The summed E-state index contributed by atoms with van der Waals surface area (Å²) >= 11 is 0. The summed E-state index contributed by atoms with van der Waals surface area (Å²) in [6, 6.07) is 8.06. The monoisotopic (exact) mass is 214 g/mol. The first-order chi connectivity index (χ1) is 7.63. The molecule has 0 aliphatic carbocycles. The highest BCUT2D eigenvalue weighted by Gasteiger charge is 2.28. The van der Waals surface area contributed by atoms with Gasteiger partial charge < -0.3 is 4.90 Å². The van der Waals surface area contributed by atoms with E-state index in [0.717, 1.165) is 16.7 Å². The van der Waals surface area contributed by atoms with Gasteiger partial charge in [-0.1, -0.05) is 12.1 Å². The topological polar surface area (TPSA) is 44.1 Å². The zero-order chi connectivity index (χ0) is 11.7. The van der Waals surface area contributed by atoms with Gasteiger partial charge in [0.15, 0.2) is 0 Å². The molecule has 0 atom stereocenters. The molecule has 0 spiro atoms. The second-order valence-electron chi connectivity index (χ2n) is 4.35. The summed E-state index contributed by atoms with van der Waals surface area (Å²) in [4.78, 5) is 13.9. The third-order valence-corrected chi connectivity index (χ3v) is 2.91. The van der Waals surface area contributed by atoms with Crippen molar-refractivity contribution in [1.82, 2.24) is 4.90 Å². The zero-order valence-corrected chi connectivity index (χ0v) is 9.53. The van der Waals surface area contributed by atoms with E-state index >= 15 is 0 Å². The first-order valence-electron chi connectivity index (χ1n) is 5.43. The number of hydrogen-bond donors (Lipinski definition) is 0. The van der Waals surface area contributed by atoms with E-state index in [-0.39, 0.29) is 11.9 Å². The molecule has 1 aromatic carbocycles. The van der Waals surface area contributed by atoms with Gasteiger partial charge in [0, 0.05) is 18.2 Å². The van der Waals surface area contributed by atoms with Gasteiger partial charge in [0.1, 0.15) is 0 Å². The molecule has 3 heteroatoms. The predicted molar refractivity (Wildman–Crippen MR) is 60.8 cm³/mol. The van der Waals surface area contributed by atoms with Crippen LogP contribution >= 0.6 is 0 Å². The SMILES string of the molecule is CC(C)N1Cc2ccc(CC#N)cc2C1=O. The molecule has 1 aliphatic rings. The van der Waals surface area contributed by atoms with Crippen LogP contribution in [0.15, 0.2) is 18.2 Å². The molecule has 3 nitrogen and oxygen atoms in total. The first kappa shape index (κ1) is 10.7. The maximum absolute atomic E-state index is 12.0. The maximum Gasteiger partial charge on any atom is 0.254 e. The third kappa shape index (κ3) is 1.67. The van der Waals surface area contributed by atoms with Gasteiger partial charge in [0.25, 0.3) is 5.91 Å². The highest BCUT2D eigenvalue weighted by molar-refractivity contribution is 5.98. The minimum atomic E-state index is 0.0878. The van der Waals surface area contributed by atoms with Crippen LogP contribution < -0.4 is 0 Å². The number of rotatable bonds is 2. The number of amides is 1. The lowest BCUT2D eigenvalue weighted by atomic mass is 10.0. The molecule has 16 heavy (non-hydrogen) atoms. The number of benzene rings is 1. The number of hydrogen-bond acceptors (Lipinski definition) is 2. The van der Waals surface area contributed by atoms with Crippen molar-refractivity contribution in [3.63, 3.8) is 0 Å². The quantitative estimate of drug-likeness (QED) is 0.756. The van der Waals surface area contributed by atoms with E-state index in [0.29, 0.717) is 13.0 Å². The molecule has 1 aliphatic heterocycles. The Labute approximate surface area is 95.3 Å². The molecule has 1 aromatic rings. The molecule has 0 bridgehead atoms. The molecule has 0 radical (unpaired) electrons. The minimum Gasteiger partial charge on any atom is -0.332 e. The van der Waals surface area contributed by atoms with Crippen LogP contribution in [-0.2, 0) is 13.0 Å². The summed E-state index contributed by atoms with van der Waals surface area (Å²) in [5.41, 5.74) is 2.75. The van der Waals surface area contributed by atoms with Crippen molar-refractivity contribution in [1.29, 1.82) is 5.26 Å². The van der Waals surface area contributed by atoms with Gasteiger partial charge in [-0.05, 0) is 31.0 Å². The van der Waals surface area contributed by atoms with Gasteiger partial charge in [-0.25, -0.2) is 0 Å². The first-order valence-corrected chi connectivity index (χ1v) is 5.43. The standard InChI is InChI=1S/C13H14N2O/c1-9(2)15-8-11-4-3-10(5-6-14)7-12(11)13(15)16/h3-4,7,9H,5,8H2,1-2H3. The lowest BCUT2D eigenvalue weighted by Gasteiger charge is -2.19. The Bertz CT molecular complexity index is 471. The predicted octanol–water partition coefficient (Wildman–Crippen LogP) is 2.12. The molecule has 0 fully saturated rings. The Kier molecular flexibility index (Phi) is 2.66. The number of nitrogens with zero attached hydrogens (tertiary/aromatic N) is 2. The van der Waals surface area contributed by atoms with Crippen molar-refractivity contribution >= 4 is 5.91 Å². The summed E-state index contributed by atoms with van der Waals surface area (Å²) in [6.45, 7) is 4.72. The highest BCUT2D eigenvalue weighted by Crippen LogP contribution is 2.25. The molecule has 0 aromatic heterocycles. The molecule has 0 unspecified atom stereocenters. The minimum absolute atomic E-state index is 0.0878. The zero-order valence-electron chi connectivity index (χ0n) is 9.53. The van der Waals surface area contributed by atoms with Crippen LogP contribution in [0.2, 0.25) is 0 Å². The van der Waals surface area contributed by atoms with Crippen LogP contribution in [0.1, 0.15) is 35.3 Å². The molecule has 2 rings (SSSR count). The molecule has 82 valence electrons. The summed E-state index contributed by atoms with van der Waals surface area (Å²) in [5, 5.41) is 8.63. The van der Waals surface area contributed by atoms with E-state index in [2.05, 4.69) is 6.07 Å². The van der Waals surface area contributed by atoms with E-state index in [1.54, 1.807) is 0 Å². The van der Waals surface area contributed by atoms with E-state index in [1.807, 2.05) is 36.9 Å². The van der Waals surface area contributed by atoms with Crippen molar-refractivity contribution < 1.29 is 4.79 Å². The molecule has 0 saturated carbocycles. The summed E-state index contributed by atoms with van der Waals surface area (Å²) < 4.78 is 0. The van der Waals surface area contributed by atoms with Gasteiger partial charge in [-0.15, -0.1) is 0 Å². The average Bonchev–Trinajstić information content (AvgIpc) is 2.57. The van der Waals surface area contributed by atoms with Crippen molar-refractivity contribution in [3.05, 3.63) is 34.9 Å². The summed E-state index contributed by atoms with van der Waals surface area (Å²) in [5.74, 6) is 0.0878. The van der Waals surface area contributed by atoms with E-state index < -0.39 is 0 Å². The van der Waals surface area contributed by atoms with Gasteiger partial charge in [0.2, 0.25) is 0 Å². The van der Waals surface area contributed by atoms with E-state index in [1.165, 1.54) is 0 Å².